The third kappa shape index (κ3) is 6.44. The third-order valence-corrected chi connectivity index (χ3v) is 4.05. The molecule has 2 N–H and O–H groups in total. The van der Waals surface area contributed by atoms with E-state index in [0.29, 0.717) is 36.4 Å². The smallest absolute Gasteiger partial charge is 0.213 e. The summed E-state index contributed by atoms with van der Waals surface area (Å²) < 4.78 is 19.3. The molecule has 1 aliphatic carbocycles. The van der Waals surface area contributed by atoms with Crippen LogP contribution in [-0.4, -0.2) is 24.6 Å². The lowest BCUT2D eigenvalue weighted by atomic mass is 10.2. The molecule has 1 heterocycles. The first-order chi connectivity index (χ1) is 12.2. The van der Waals surface area contributed by atoms with Crippen molar-refractivity contribution in [3.8, 4) is 5.88 Å². The van der Waals surface area contributed by atoms with Crippen molar-refractivity contribution in [3.63, 3.8) is 0 Å². The number of hydrogen-bond acceptors (Lipinski definition) is 3. The molecule has 0 radical (unpaired) electrons. The van der Waals surface area contributed by atoms with Crippen molar-refractivity contribution in [2.75, 3.05) is 13.7 Å². The first kappa shape index (κ1) is 20.4. The largest absolute Gasteiger partial charge is 0.477 e. The summed E-state index contributed by atoms with van der Waals surface area (Å²) in [6.45, 7) is 1.71. The SMILES string of the molecule is CN=C(NCc1ccc(OCC2CC2)nc1)NCc1ccccc1F.I. The Morgan fingerprint density at radius 3 is 2.62 bits per heavy atom. The van der Waals surface area contributed by atoms with Gasteiger partial charge in [-0.15, -0.1) is 24.0 Å². The molecule has 1 aromatic heterocycles. The normalized spacial score (nSPS) is 13.7. The van der Waals surface area contributed by atoms with Crippen LogP contribution in [0.5, 0.6) is 5.88 Å². The van der Waals surface area contributed by atoms with E-state index in [0.717, 1.165) is 12.2 Å². The minimum absolute atomic E-state index is 0. The number of nitrogens with zero attached hydrogens (tertiary/aromatic N) is 2. The summed E-state index contributed by atoms with van der Waals surface area (Å²) in [6.07, 6.45) is 4.32. The maximum atomic E-state index is 13.6. The zero-order valence-corrected chi connectivity index (χ0v) is 17.1. The Morgan fingerprint density at radius 2 is 1.96 bits per heavy atom. The van der Waals surface area contributed by atoms with Gasteiger partial charge in [0.05, 0.1) is 6.61 Å². The van der Waals surface area contributed by atoms with E-state index in [1.54, 1.807) is 25.4 Å². The summed E-state index contributed by atoms with van der Waals surface area (Å²) in [5.74, 6) is 1.76. The van der Waals surface area contributed by atoms with Crippen LogP contribution in [0.3, 0.4) is 0 Å². The molecule has 2 aromatic rings. The van der Waals surface area contributed by atoms with Gasteiger partial charge in [0.25, 0.3) is 0 Å². The van der Waals surface area contributed by atoms with Crippen LogP contribution in [0.15, 0.2) is 47.6 Å². The van der Waals surface area contributed by atoms with Crippen molar-refractivity contribution < 1.29 is 9.13 Å². The first-order valence-electron chi connectivity index (χ1n) is 8.50. The monoisotopic (exact) mass is 470 g/mol. The summed E-state index contributed by atoms with van der Waals surface area (Å²) in [7, 11) is 1.68. The Labute approximate surface area is 170 Å². The van der Waals surface area contributed by atoms with E-state index in [4.69, 9.17) is 4.74 Å². The van der Waals surface area contributed by atoms with Crippen molar-refractivity contribution >= 4 is 29.9 Å². The molecule has 0 saturated heterocycles. The van der Waals surface area contributed by atoms with Crippen molar-refractivity contribution in [2.24, 2.45) is 10.9 Å². The van der Waals surface area contributed by atoms with Gasteiger partial charge in [-0.1, -0.05) is 24.3 Å². The van der Waals surface area contributed by atoms with Gasteiger partial charge in [-0.2, -0.15) is 0 Å². The Bertz CT molecular complexity index is 720. The molecule has 1 saturated carbocycles. The quantitative estimate of drug-likeness (QED) is 0.370. The molecule has 1 fully saturated rings. The number of aromatic nitrogens is 1. The van der Waals surface area contributed by atoms with Gasteiger partial charge in [0, 0.05) is 38.0 Å². The molecule has 0 aliphatic heterocycles. The second-order valence-electron chi connectivity index (χ2n) is 6.13. The zero-order chi connectivity index (χ0) is 17.5. The molecule has 0 atom stereocenters. The molecular formula is C19H24FIN4O. The molecule has 0 spiro atoms. The number of pyridine rings is 1. The Morgan fingerprint density at radius 1 is 1.19 bits per heavy atom. The lowest BCUT2D eigenvalue weighted by Crippen LogP contribution is -2.36. The Balaban J connectivity index is 0.00000243. The van der Waals surface area contributed by atoms with Gasteiger partial charge >= 0.3 is 0 Å². The lowest BCUT2D eigenvalue weighted by Gasteiger charge is -2.12. The number of rotatable bonds is 7. The first-order valence-corrected chi connectivity index (χ1v) is 8.50. The van der Waals surface area contributed by atoms with Gasteiger partial charge in [0.2, 0.25) is 5.88 Å². The minimum Gasteiger partial charge on any atom is -0.477 e. The fourth-order valence-corrected chi connectivity index (χ4v) is 2.32. The molecule has 0 bridgehead atoms. The molecule has 1 aliphatic rings. The highest BCUT2D eigenvalue weighted by molar-refractivity contribution is 14.0. The molecule has 0 unspecified atom stereocenters. The van der Waals surface area contributed by atoms with Gasteiger partial charge in [-0.3, -0.25) is 4.99 Å². The molecule has 0 amide bonds. The van der Waals surface area contributed by atoms with Crippen LogP contribution in [0.4, 0.5) is 4.39 Å². The molecule has 26 heavy (non-hydrogen) atoms. The number of benzene rings is 1. The molecule has 140 valence electrons. The van der Waals surface area contributed by atoms with Gasteiger partial charge in [-0.25, -0.2) is 9.37 Å². The van der Waals surface area contributed by atoms with Gasteiger partial charge in [-0.05, 0) is 30.4 Å². The highest BCUT2D eigenvalue weighted by Gasteiger charge is 2.22. The van der Waals surface area contributed by atoms with Crippen LogP contribution in [0, 0.1) is 11.7 Å². The van der Waals surface area contributed by atoms with Gasteiger partial charge in [0.1, 0.15) is 5.82 Å². The van der Waals surface area contributed by atoms with E-state index >= 15 is 0 Å². The highest BCUT2D eigenvalue weighted by Crippen LogP contribution is 2.29. The summed E-state index contributed by atoms with van der Waals surface area (Å²) in [5, 5.41) is 6.29. The Hall–Kier alpha value is -1.90. The van der Waals surface area contributed by atoms with E-state index < -0.39 is 0 Å². The van der Waals surface area contributed by atoms with E-state index in [-0.39, 0.29) is 29.8 Å². The fourth-order valence-electron chi connectivity index (χ4n) is 2.32. The van der Waals surface area contributed by atoms with Crippen molar-refractivity contribution in [2.45, 2.75) is 25.9 Å². The molecule has 1 aromatic carbocycles. The maximum Gasteiger partial charge on any atom is 0.213 e. The predicted molar refractivity (Wildman–Crippen MR) is 111 cm³/mol. The number of ether oxygens (including phenoxy) is 1. The molecule has 5 nitrogen and oxygen atoms in total. The van der Waals surface area contributed by atoms with Crippen LogP contribution in [0.25, 0.3) is 0 Å². The average molecular weight is 470 g/mol. The third-order valence-electron chi connectivity index (χ3n) is 4.05. The van der Waals surface area contributed by atoms with E-state index in [1.807, 2.05) is 18.2 Å². The highest BCUT2D eigenvalue weighted by atomic mass is 127. The number of halogens is 2. The van der Waals surface area contributed by atoms with Crippen molar-refractivity contribution in [3.05, 3.63) is 59.5 Å². The zero-order valence-electron chi connectivity index (χ0n) is 14.7. The maximum absolute atomic E-state index is 13.6. The lowest BCUT2D eigenvalue weighted by molar-refractivity contribution is 0.288. The Kier molecular flexibility index (Phi) is 8.08. The minimum atomic E-state index is -0.226. The number of nitrogens with one attached hydrogen (secondary N) is 2. The van der Waals surface area contributed by atoms with Crippen LogP contribution in [0.1, 0.15) is 24.0 Å². The van der Waals surface area contributed by atoms with E-state index in [2.05, 4.69) is 20.6 Å². The molecule has 3 rings (SSSR count). The molecule has 7 heteroatoms. The van der Waals surface area contributed by atoms with E-state index in [1.165, 1.54) is 18.9 Å². The summed E-state index contributed by atoms with van der Waals surface area (Å²) in [5.41, 5.74) is 1.62. The fraction of sp³-hybridized carbons (Fsp3) is 0.368. The van der Waals surface area contributed by atoms with E-state index in [9.17, 15) is 4.39 Å². The number of guanidine groups is 1. The van der Waals surface area contributed by atoms with Crippen molar-refractivity contribution in [1.29, 1.82) is 0 Å². The second kappa shape index (κ2) is 10.3. The summed E-state index contributed by atoms with van der Waals surface area (Å²) in [6, 6.07) is 10.6. The van der Waals surface area contributed by atoms with Crippen molar-refractivity contribution in [1.82, 2.24) is 15.6 Å². The van der Waals surface area contributed by atoms with Gasteiger partial charge < -0.3 is 15.4 Å². The average Bonchev–Trinajstić information content (AvgIpc) is 3.47. The second-order valence-corrected chi connectivity index (χ2v) is 6.13. The summed E-state index contributed by atoms with van der Waals surface area (Å²) >= 11 is 0. The summed E-state index contributed by atoms with van der Waals surface area (Å²) in [4.78, 5) is 8.46. The molecular weight excluding hydrogens is 446 g/mol. The number of hydrogen-bond donors (Lipinski definition) is 2. The number of aliphatic imine (C=N–C) groups is 1. The van der Waals surface area contributed by atoms with Crippen LogP contribution < -0.4 is 15.4 Å². The van der Waals surface area contributed by atoms with Crippen LogP contribution in [-0.2, 0) is 13.1 Å². The topological polar surface area (TPSA) is 58.5 Å². The van der Waals surface area contributed by atoms with Crippen LogP contribution in [0.2, 0.25) is 0 Å². The van der Waals surface area contributed by atoms with Gasteiger partial charge in [0.15, 0.2) is 5.96 Å². The predicted octanol–water partition coefficient (Wildman–Crippen LogP) is 3.49. The van der Waals surface area contributed by atoms with Crippen LogP contribution >= 0.6 is 24.0 Å². The standard InChI is InChI=1S/C19H23FN4O.HI/c1-21-19(24-12-16-4-2-3-5-17(16)20)23-11-15-8-9-18(22-10-15)25-13-14-6-7-14;/h2-5,8-10,14H,6-7,11-13H2,1H3,(H2,21,23,24);1H.